The Labute approximate surface area is 309 Å². The molecule has 0 fully saturated rings. The summed E-state index contributed by atoms with van der Waals surface area (Å²) in [5.41, 5.74) is 3.56. The number of aromatic nitrogens is 1. The molecule has 0 radical (unpaired) electrons. The number of carbonyl (C=O) groups is 2. The average molecular weight is 741 g/mol. The molecule has 0 atom stereocenters. The lowest BCUT2D eigenvalue weighted by molar-refractivity contribution is 0.0968. The van der Waals surface area contributed by atoms with Crippen LogP contribution in [0.1, 0.15) is 60.8 Å². The number of aliphatic hydroxyl groups excluding tert-OH is 1. The SMILES string of the molecule is COc1cc(Cc2cc(Oc3ccc(NC(=O)Nc4cc(C(C)(C)C)cc(NS(C)(=O)=O)c4OC)c4ccccc34)ccn2)ccc1C(=O)CCCO. The predicted molar refractivity (Wildman–Crippen MR) is 208 cm³/mol. The summed E-state index contributed by atoms with van der Waals surface area (Å²) in [6, 6.07) is 22.9. The van der Waals surface area contributed by atoms with Gasteiger partial charge in [0.2, 0.25) is 10.0 Å². The fourth-order valence-electron chi connectivity index (χ4n) is 5.80. The molecule has 0 saturated heterocycles. The molecular weight excluding hydrogens is 697 g/mol. The minimum Gasteiger partial charge on any atom is -0.496 e. The van der Waals surface area contributed by atoms with E-state index in [0.29, 0.717) is 47.0 Å². The zero-order valence-electron chi connectivity index (χ0n) is 30.6. The first-order valence-electron chi connectivity index (χ1n) is 16.9. The summed E-state index contributed by atoms with van der Waals surface area (Å²) < 4.78 is 44.2. The van der Waals surface area contributed by atoms with Gasteiger partial charge >= 0.3 is 6.03 Å². The monoisotopic (exact) mass is 740 g/mol. The van der Waals surface area contributed by atoms with E-state index in [4.69, 9.17) is 19.3 Å². The highest BCUT2D eigenvalue weighted by Crippen LogP contribution is 2.40. The molecule has 0 aliphatic heterocycles. The number of nitrogens with zero attached hydrogens (tertiary/aromatic N) is 1. The Morgan fingerprint density at radius 2 is 1.55 bits per heavy atom. The van der Waals surface area contributed by atoms with Crippen molar-refractivity contribution < 1.29 is 37.3 Å². The van der Waals surface area contributed by atoms with Crippen LogP contribution in [-0.2, 0) is 21.9 Å². The maximum Gasteiger partial charge on any atom is 0.323 e. The number of sulfonamides is 1. The fourth-order valence-corrected chi connectivity index (χ4v) is 6.35. The van der Waals surface area contributed by atoms with Crippen molar-refractivity contribution in [1.82, 2.24) is 4.98 Å². The fraction of sp³-hybridized carbons (Fsp3) is 0.275. The van der Waals surface area contributed by atoms with Crippen LogP contribution < -0.4 is 29.6 Å². The highest BCUT2D eigenvalue weighted by molar-refractivity contribution is 7.92. The van der Waals surface area contributed by atoms with E-state index in [2.05, 4.69) is 20.3 Å². The molecule has 1 aromatic heterocycles. The summed E-state index contributed by atoms with van der Waals surface area (Å²) in [5, 5.41) is 16.3. The van der Waals surface area contributed by atoms with Crippen molar-refractivity contribution in [3.8, 4) is 23.0 Å². The van der Waals surface area contributed by atoms with Crippen LogP contribution in [0.3, 0.4) is 0 Å². The number of aliphatic hydroxyl groups is 1. The van der Waals surface area contributed by atoms with Crippen LogP contribution in [0.15, 0.2) is 85.1 Å². The van der Waals surface area contributed by atoms with Crippen molar-refractivity contribution in [2.24, 2.45) is 0 Å². The summed E-state index contributed by atoms with van der Waals surface area (Å²) in [5.74, 6) is 1.68. The molecule has 13 heteroatoms. The van der Waals surface area contributed by atoms with E-state index in [1.54, 1.807) is 42.6 Å². The van der Waals surface area contributed by atoms with Gasteiger partial charge in [-0.05, 0) is 65.4 Å². The van der Waals surface area contributed by atoms with Crippen LogP contribution in [0, 0.1) is 0 Å². The summed E-state index contributed by atoms with van der Waals surface area (Å²) in [6.45, 7) is 5.89. The number of ether oxygens (including phenoxy) is 3. The second kappa shape index (κ2) is 16.3. The molecule has 4 aromatic carbocycles. The number of amides is 2. The number of anilines is 3. The van der Waals surface area contributed by atoms with E-state index in [1.165, 1.54) is 14.2 Å². The van der Waals surface area contributed by atoms with Gasteiger partial charge in [0, 0.05) is 48.2 Å². The van der Waals surface area contributed by atoms with E-state index in [0.717, 1.165) is 33.8 Å². The normalized spacial score (nSPS) is 11.5. The number of fused-ring (bicyclic) bond motifs is 1. The Hall–Kier alpha value is -5.66. The molecule has 0 saturated carbocycles. The summed E-state index contributed by atoms with van der Waals surface area (Å²) in [4.78, 5) is 30.5. The molecule has 53 heavy (non-hydrogen) atoms. The topological polar surface area (TPSA) is 165 Å². The number of Topliss-reactive ketones (excluding diaryl/α,β-unsaturated/α-hetero) is 1. The number of benzene rings is 4. The van der Waals surface area contributed by atoms with Gasteiger partial charge in [0.1, 0.15) is 17.2 Å². The lowest BCUT2D eigenvalue weighted by atomic mass is 9.86. The van der Waals surface area contributed by atoms with Crippen molar-refractivity contribution in [2.45, 2.75) is 45.4 Å². The van der Waals surface area contributed by atoms with Gasteiger partial charge in [-0.25, -0.2) is 13.2 Å². The number of nitrogens with one attached hydrogen (secondary N) is 3. The summed E-state index contributed by atoms with van der Waals surface area (Å²) in [7, 11) is -0.714. The van der Waals surface area contributed by atoms with Gasteiger partial charge in [0.25, 0.3) is 0 Å². The van der Waals surface area contributed by atoms with Crippen molar-refractivity contribution in [3.63, 3.8) is 0 Å². The molecule has 0 aliphatic carbocycles. The van der Waals surface area contributed by atoms with Crippen molar-refractivity contribution >= 4 is 49.7 Å². The lowest BCUT2D eigenvalue weighted by Crippen LogP contribution is -2.22. The number of methoxy groups -OCH3 is 2. The van der Waals surface area contributed by atoms with Crippen LogP contribution in [0.25, 0.3) is 10.8 Å². The molecule has 5 rings (SSSR count). The molecule has 12 nitrogen and oxygen atoms in total. The third kappa shape index (κ3) is 9.82. The number of hydrogen-bond acceptors (Lipinski definition) is 9. The minimum absolute atomic E-state index is 0.0513. The quantitative estimate of drug-likeness (QED) is 0.0828. The van der Waals surface area contributed by atoms with Gasteiger partial charge in [0.15, 0.2) is 11.5 Å². The molecule has 278 valence electrons. The first kappa shape index (κ1) is 38.6. The lowest BCUT2D eigenvalue weighted by Gasteiger charge is -2.24. The number of urea groups is 1. The molecule has 0 spiro atoms. The van der Waals surface area contributed by atoms with Crippen molar-refractivity contribution in [1.29, 1.82) is 0 Å². The van der Waals surface area contributed by atoms with Gasteiger partial charge in [-0.15, -0.1) is 0 Å². The van der Waals surface area contributed by atoms with Crippen LogP contribution in [0.4, 0.5) is 21.9 Å². The minimum atomic E-state index is -3.64. The predicted octanol–water partition coefficient (Wildman–Crippen LogP) is 7.90. The highest BCUT2D eigenvalue weighted by Gasteiger charge is 2.23. The smallest absolute Gasteiger partial charge is 0.323 e. The first-order valence-corrected chi connectivity index (χ1v) is 18.8. The van der Waals surface area contributed by atoms with Crippen molar-refractivity contribution in [3.05, 3.63) is 107 Å². The zero-order chi connectivity index (χ0) is 38.3. The molecule has 0 aliphatic rings. The zero-order valence-corrected chi connectivity index (χ0v) is 31.4. The van der Waals surface area contributed by atoms with Crippen LogP contribution in [0.5, 0.6) is 23.0 Å². The second-order valence-electron chi connectivity index (χ2n) is 13.5. The van der Waals surface area contributed by atoms with Gasteiger partial charge < -0.3 is 30.0 Å². The molecule has 4 N–H and O–H groups in total. The average Bonchev–Trinajstić information content (AvgIpc) is 3.10. The standard InChI is InChI=1S/C40H44N4O8S/c1-40(2,3)26-22-33(38(51-5)34(23-26)44-53(6,48)49)43-39(47)42-32-15-16-36(30-11-8-7-10-29(30)32)52-28-17-18-41-27(24-28)20-25-13-14-31(37(21-25)50-4)35(46)12-9-19-45/h7-8,10-11,13-18,21-24,44-45H,9,12,19-20H2,1-6H3,(H2,42,43,47). The van der Waals surface area contributed by atoms with E-state index in [-0.39, 0.29) is 35.7 Å². The van der Waals surface area contributed by atoms with E-state index in [9.17, 15) is 18.0 Å². The Bertz CT molecular complexity index is 2250. The largest absolute Gasteiger partial charge is 0.496 e. The molecule has 5 aromatic rings. The molecule has 2 amide bonds. The third-order valence-electron chi connectivity index (χ3n) is 8.36. The molecule has 1 heterocycles. The summed E-state index contributed by atoms with van der Waals surface area (Å²) >= 11 is 0. The molecular formula is C40H44N4O8S. The maximum absolute atomic E-state index is 13.5. The number of ketones is 1. The molecule has 0 unspecified atom stereocenters. The first-order chi connectivity index (χ1) is 25.2. The van der Waals surface area contributed by atoms with Gasteiger partial charge in [-0.2, -0.15) is 0 Å². The van der Waals surface area contributed by atoms with Gasteiger partial charge in [-0.1, -0.05) is 51.1 Å². The van der Waals surface area contributed by atoms with Gasteiger partial charge in [-0.3, -0.25) is 14.5 Å². The second-order valence-corrected chi connectivity index (χ2v) is 15.3. The van der Waals surface area contributed by atoms with Crippen LogP contribution >= 0.6 is 0 Å². The van der Waals surface area contributed by atoms with E-state index < -0.39 is 16.1 Å². The Kier molecular flexibility index (Phi) is 11.9. The van der Waals surface area contributed by atoms with Gasteiger partial charge in [0.05, 0.1) is 43.1 Å². The maximum atomic E-state index is 13.5. The third-order valence-corrected chi connectivity index (χ3v) is 8.95. The number of rotatable bonds is 14. The summed E-state index contributed by atoms with van der Waals surface area (Å²) in [6.07, 6.45) is 3.81. The molecule has 0 bridgehead atoms. The Morgan fingerprint density at radius 1 is 0.830 bits per heavy atom. The number of hydrogen-bond donors (Lipinski definition) is 4. The Balaban J connectivity index is 1.36. The highest BCUT2D eigenvalue weighted by atomic mass is 32.2. The van der Waals surface area contributed by atoms with Crippen molar-refractivity contribution in [2.75, 3.05) is 42.4 Å². The van der Waals surface area contributed by atoms with Crippen LogP contribution in [0.2, 0.25) is 0 Å². The number of pyridine rings is 1. The van der Waals surface area contributed by atoms with Crippen LogP contribution in [-0.4, -0.2) is 57.4 Å². The Morgan fingerprint density at radius 3 is 2.23 bits per heavy atom. The number of carbonyl (C=O) groups excluding carboxylic acids is 2. The van der Waals surface area contributed by atoms with E-state index >= 15 is 0 Å². The van der Waals surface area contributed by atoms with E-state index in [1.807, 2.05) is 63.2 Å².